The Balaban J connectivity index is 1.51. The van der Waals surface area contributed by atoms with Gasteiger partial charge in [-0.2, -0.15) is 23.7 Å². The van der Waals surface area contributed by atoms with Gasteiger partial charge in [-0.3, -0.25) is 0 Å². The van der Waals surface area contributed by atoms with Crippen LogP contribution in [0.2, 0.25) is 25.7 Å². The molecule has 2 N–H and O–H groups in total. The maximum absolute atomic E-state index is 14.5. The molecule has 0 unspecified atom stereocenters. The fourth-order valence-electron chi connectivity index (χ4n) is 5.29. The number of benzene rings is 2. The number of halogens is 3. The van der Waals surface area contributed by atoms with Crippen LogP contribution in [-0.4, -0.2) is 56.1 Å². The molecule has 0 atom stereocenters. The summed E-state index contributed by atoms with van der Waals surface area (Å²) in [6.07, 6.45) is -1.80. The van der Waals surface area contributed by atoms with Crippen molar-refractivity contribution in [2.24, 2.45) is 5.41 Å². The Morgan fingerprint density at radius 3 is 2.47 bits per heavy atom. The summed E-state index contributed by atoms with van der Waals surface area (Å²) >= 11 is 0. The first-order chi connectivity index (χ1) is 24.1. The van der Waals surface area contributed by atoms with E-state index in [0.29, 0.717) is 34.5 Å². The zero-order valence-electron chi connectivity index (χ0n) is 29.0. The predicted molar refractivity (Wildman–Crippen MR) is 187 cm³/mol. The highest BCUT2D eigenvalue weighted by atomic mass is 28.3. The number of anilines is 1. The average molecular weight is 721 g/mol. The molecular formula is C36H39F3N6O5Si. The summed E-state index contributed by atoms with van der Waals surface area (Å²) in [5, 5.41) is 24.6. The van der Waals surface area contributed by atoms with Crippen LogP contribution in [0.4, 0.5) is 23.7 Å². The summed E-state index contributed by atoms with van der Waals surface area (Å²) in [5.74, 6) is -0.00656. The lowest BCUT2D eigenvalue weighted by molar-refractivity contribution is -0.138. The maximum atomic E-state index is 14.5. The van der Waals surface area contributed by atoms with Crippen LogP contribution in [0.5, 0.6) is 17.2 Å². The number of pyridine rings is 1. The molecule has 0 saturated carbocycles. The van der Waals surface area contributed by atoms with Crippen molar-refractivity contribution in [1.82, 2.24) is 14.9 Å². The summed E-state index contributed by atoms with van der Waals surface area (Å²) in [5.41, 5.74) is -0.256. The number of rotatable bonds is 13. The Labute approximate surface area is 294 Å². The van der Waals surface area contributed by atoms with Gasteiger partial charge >= 0.3 is 12.2 Å². The number of carbonyl (C=O) groups excluding carboxylic acids is 1. The molecule has 0 bridgehead atoms. The van der Waals surface area contributed by atoms with Crippen molar-refractivity contribution >= 4 is 30.8 Å². The number of amides is 2. The van der Waals surface area contributed by atoms with E-state index in [-0.39, 0.29) is 49.6 Å². The Hall–Kier alpha value is -5.09. The molecule has 1 saturated heterocycles. The molecule has 0 aliphatic carbocycles. The Morgan fingerprint density at radius 1 is 1.10 bits per heavy atom. The van der Waals surface area contributed by atoms with Gasteiger partial charge in [-0.15, -0.1) is 0 Å². The second-order valence-corrected chi connectivity index (χ2v) is 19.5. The largest absolute Gasteiger partial charge is 0.490 e. The lowest BCUT2D eigenvalue weighted by Crippen LogP contribution is -2.50. The normalized spacial score (nSPS) is 14.0. The summed E-state index contributed by atoms with van der Waals surface area (Å²) in [7, 11) is -1.37. The van der Waals surface area contributed by atoms with E-state index in [1.54, 1.807) is 29.0 Å². The van der Waals surface area contributed by atoms with Crippen molar-refractivity contribution in [2.45, 2.75) is 58.5 Å². The van der Waals surface area contributed by atoms with Gasteiger partial charge in [0.1, 0.15) is 46.7 Å². The molecule has 0 spiro atoms. The van der Waals surface area contributed by atoms with Gasteiger partial charge in [0, 0.05) is 44.9 Å². The van der Waals surface area contributed by atoms with Crippen molar-refractivity contribution in [3.8, 4) is 40.5 Å². The number of nitrogens with zero attached hydrogens (tertiary/aromatic N) is 4. The Kier molecular flexibility index (Phi) is 11.0. The minimum atomic E-state index is -4.85. The SMILES string of the molecule is CC(C)Oc1ccc(-c2cn(COCC[Si](C)(C)C)c3nccc(Oc4ccc(NC(=O)NCC5(C#N)COC5)cc4C(F)(F)F)c23)cc1C#N. The van der Waals surface area contributed by atoms with E-state index in [0.717, 1.165) is 18.2 Å². The molecule has 51 heavy (non-hydrogen) atoms. The molecule has 15 heteroatoms. The summed E-state index contributed by atoms with van der Waals surface area (Å²) < 4.78 is 68.1. The molecule has 268 valence electrons. The molecule has 5 rings (SSSR count). The number of fused-ring (bicyclic) bond motifs is 1. The van der Waals surface area contributed by atoms with Crippen molar-refractivity contribution < 1.29 is 36.9 Å². The third kappa shape index (κ3) is 8.99. The minimum absolute atomic E-state index is 0.0185. The first-order valence-electron chi connectivity index (χ1n) is 16.3. The average Bonchev–Trinajstić information content (AvgIpc) is 3.42. The van der Waals surface area contributed by atoms with Gasteiger partial charge in [0.05, 0.1) is 36.3 Å². The monoisotopic (exact) mass is 720 g/mol. The van der Waals surface area contributed by atoms with Crippen LogP contribution in [0.1, 0.15) is 25.0 Å². The van der Waals surface area contributed by atoms with E-state index in [2.05, 4.69) is 47.4 Å². The summed E-state index contributed by atoms with van der Waals surface area (Å²) in [6, 6.07) is 14.2. The number of alkyl halides is 3. The van der Waals surface area contributed by atoms with Gasteiger partial charge in [0.2, 0.25) is 0 Å². The topological polar surface area (TPSA) is 143 Å². The minimum Gasteiger partial charge on any atom is -0.490 e. The lowest BCUT2D eigenvalue weighted by Gasteiger charge is -2.34. The number of nitriles is 2. The number of nitrogens with one attached hydrogen (secondary N) is 2. The van der Waals surface area contributed by atoms with Crippen LogP contribution in [0.25, 0.3) is 22.2 Å². The number of carbonyl (C=O) groups is 1. The number of aromatic nitrogens is 2. The van der Waals surface area contributed by atoms with Crippen LogP contribution in [0.15, 0.2) is 54.9 Å². The molecule has 2 amide bonds. The fourth-order valence-corrected chi connectivity index (χ4v) is 6.04. The molecule has 1 aliphatic rings. The number of ether oxygens (including phenoxy) is 4. The second-order valence-electron chi connectivity index (χ2n) is 13.9. The highest BCUT2D eigenvalue weighted by molar-refractivity contribution is 6.76. The van der Waals surface area contributed by atoms with Crippen LogP contribution >= 0.6 is 0 Å². The number of hydrogen-bond donors (Lipinski definition) is 2. The van der Waals surface area contributed by atoms with E-state index in [1.165, 1.54) is 18.3 Å². The molecule has 2 aromatic heterocycles. The third-order valence-electron chi connectivity index (χ3n) is 8.06. The first-order valence-corrected chi connectivity index (χ1v) is 20.0. The van der Waals surface area contributed by atoms with Gasteiger partial charge in [0.15, 0.2) is 0 Å². The van der Waals surface area contributed by atoms with Crippen LogP contribution in [0.3, 0.4) is 0 Å². The third-order valence-corrected chi connectivity index (χ3v) is 9.77. The smallest absolute Gasteiger partial charge is 0.420 e. The quantitative estimate of drug-likeness (QED) is 0.104. The molecule has 4 aromatic rings. The van der Waals surface area contributed by atoms with Gasteiger partial charge in [0.25, 0.3) is 0 Å². The number of urea groups is 1. The van der Waals surface area contributed by atoms with Gasteiger partial charge < -0.3 is 34.1 Å². The zero-order valence-corrected chi connectivity index (χ0v) is 30.0. The predicted octanol–water partition coefficient (Wildman–Crippen LogP) is 8.15. The highest BCUT2D eigenvalue weighted by Gasteiger charge is 2.39. The molecule has 11 nitrogen and oxygen atoms in total. The van der Waals surface area contributed by atoms with Crippen molar-refractivity contribution in [2.75, 3.05) is 31.7 Å². The van der Waals surface area contributed by atoms with Gasteiger partial charge in [-0.05, 0) is 61.9 Å². The molecular weight excluding hydrogens is 682 g/mol. The lowest BCUT2D eigenvalue weighted by atomic mass is 9.88. The first kappa shape index (κ1) is 37.2. The van der Waals surface area contributed by atoms with E-state index < -0.39 is 37.0 Å². The zero-order chi connectivity index (χ0) is 37.0. The molecule has 0 radical (unpaired) electrons. The van der Waals surface area contributed by atoms with E-state index in [4.69, 9.17) is 18.9 Å². The van der Waals surface area contributed by atoms with Crippen molar-refractivity contribution in [3.63, 3.8) is 0 Å². The van der Waals surface area contributed by atoms with Gasteiger partial charge in [-0.1, -0.05) is 25.7 Å². The van der Waals surface area contributed by atoms with Crippen LogP contribution < -0.4 is 20.1 Å². The molecule has 1 aliphatic heterocycles. The van der Waals surface area contributed by atoms with E-state index >= 15 is 0 Å². The second kappa shape index (κ2) is 15.0. The maximum Gasteiger partial charge on any atom is 0.420 e. The fraction of sp³-hybridized carbons (Fsp3) is 0.389. The number of hydrogen-bond acceptors (Lipinski definition) is 8. The highest BCUT2D eigenvalue weighted by Crippen LogP contribution is 2.43. The summed E-state index contributed by atoms with van der Waals surface area (Å²) in [6.45, 7) is 11.4. The Morgan fingerprint density at radius 2 is 1.84 bits per heavy atom. The van der Waals surface area contributed by atoms with Crippen LogP contribution in [-0.2, 0) is 22.4 Å². The van der Waals surface area contributed by atoms with E-state index in [1.807, 2.05) is 13.8 Å². The van der Waals surface area contributed by atoms with Crippen molar-refractivity contribution in [1.29, 1.82) is 10.5 Å². The molecule has 3 heterocycles. The Bertz CT molecular complexity index is 1990. The molecule has 1 fully saturated rings. The van der Waals surface area contributed by atoms with Crippen LogP contribution in [0, 0.1) is 28.1 Å². The molecule has 2 aromatic carbocycles. The summed E-state index contributed by atoms with van der Waals surface area (Å²) in [4.78, 5) is 17.0. The van der Waals surface area contributed by atoms with Gasteiger partial charge in [-0.25, -0.2) is 9.78 Å². The standard InChI is InChI=1S/C36H39F3N6O5Si/c1-23(2)49-29-8-6-24(14-25(29)16-40)27-17-45(22-47-12-13-51(3,4)5)33-32(27)31(10-11-42-33)50-30-9-7-26(15-28(30)36(37,38)39)44-34(46)43-19-35(18-41)20-48-21-35/h6-11,14-15,17,23H,12-13,19-22H2,1-5H3,(H2,43,44,46). The van der Waals surface area contributed by atoms with E-state index in [9.17, 15) is 28.5 Å². The van der Waals surface area contributed by atoms with Crippen molar-refractivity contribution in [3.05, 3.63) is 66.0 Å².